The Kier molecular flexibility index (Phi) is 5.89. The predicted octanol–water partition coefficient (Wildman–Crippen LogP) is 4.30. The number of fused-ring (bicyclic) bond motifs is 1. The number of pyridine rings is 1. The van der Waals surface area contributed by atoms with Crippen molar-refractivity contribution in [2.24, 2.45) is 0 Å². The van der Waals surface area contributed by atoms with Crippen LogP contribution in [0.5, 0.6) is 0 Å². The van der Waals surface area contributed by atoms with Gasteiger partial charge in [0.2, 0.25) is 11.8 Å². The molecule has 1 atom stereocenters. The first-order valence-electron chi connectivity index (χ1n) is 10.3. The highest BCUT2D eigenvalue weighted by molar-refractivity contribution is 6.01. The minimum Gasteiger partial charge on any atom is -0.333 e. The van der Waals surface area contributed by atoms with E-state index >= 15 is 0 Å². The van der Waals surface area contributed by atoms with Crippen LogP contribution in [0.1, 0.15) is 41.5 Å². The number of aromatic nitrogens is 1. The predicted molar refractivity (Wildman–Crippen MR) is 117 cm³/mol. The fourth-order valence-corrected chi connectivity index (χ4v) is 3.88. The van der Waals surface area contributed by atoms with Gasteiger partial charge in [-0.15, -0.1) is 0 Å². The molecule has 1 aliphatic rings. The fourth-order valence-electron chi connectivity index (χ4n) is 3.88. The van der Waals surface area contributed by atoms with Crippen LogP contribution in [0.25, 0.3) is 0 Å². The third-order valence-electron chi connectivity index (χ3n) is 5.51. The first kappa shape index (κ1) is 19.8. The summed E-state index contributed by atoms with van der Waals surface area (Å²) >= 11 is 0. The van der Waals surface area contributed by atoms with Gasteiger partial charge in [-0.05, 0) is 40.8 Å². The molecule has 2 heterocycles. The molecule has 0 spiro atoms. The Hall–Kier alpha value is -3.47. The molecule has 5 nitrogen and oxygen atoms in total. The monoisotopic (exact) mass is 399 g/mol. The van der Waals surface area contributed by atoms with Crippen LogP contribution in [0.15, 0.2) is 73.1 Å². The van der Waals surface area contributed by atoms with Gasteiger partial charge in [-0.2, -0.15) is 0 Å². The zero-order chi connectivity index (χ0) is 20.9. The number of rotatable bonds is 6. The maximum Gasteiger partial charge on any atom is 0.231 e. The molecule has 0 fully saturated rings. The molecular formula is C25H25N3O2. The van der Waals surface area contributed by atoms with E-state index in [1.54, 1.807) is 12.4 Å². The molecule has 0 saturated heterocycles. The molecule has 1 aliphatic heterocycles. The van der Waals surface area contributed by atoms with Crippen molar-refractivity contribution in [2.45, 2.75) is 38.8 Å². The van der Waals surface area contributed by atoms with E-state index in [-0.39, 0.29) is 18.2 Å². The average molecular weight is 399 g/mol. The van der Waals surface area contributed by atoms with Gasteiger partial charge in [-0.1, -0.05) is 55.5 Å². The zero-order valence-electron chi connectivity index (χ0n) is 17.0. The van der Waals surface area contributed by atoms with Crippen LogP contribution in [0, 0.1) is 0 Å². The molecule has 1 N–H and O–H groups in total. The summed E-state index contributed by atoms with van der Waals surface area (Å²) in [5.74, 6) is -0.650. The summed E-state index contributed by atoms with van der Waals surface area (Å²) in [6.45, 7) is 3.05. The maximum absolute atomic E-state index is 13.7. The van der Waals surface area contributed by atoms with Crippen molar-refractivity contribution in [1.29, 1.82) is 0 Å². The summed E-state index contributed by atoms with van der Waals surface area (Å²) < 4.78 is 0. The Labute approximate surface area is 176 Å². The molecule has 0 radical (unpaired) electrons. The van der Waals surface area contributed by atoms with Gasteiger partial charge in [0.15, 0.2) is 0 Å². The molecule has 30 heavy (non-hydrogen) atoms. The lowest BCUT2D eigenvalue weighted by atomic mass is 9.89. The van der Waals surface area contributed by atoms with E-state index in [0.717, 1.165) is 28.8 Å². The zero-order valence-corrected chi connectivity index (χ0v) is 17.0. The topological polar surface area (TPSA) is 62.3 Å². The Morgan fingerprint density at radius 1 is 1.00 bits per heavy atom. The standard InChI is InChI=1S/C25H25N3O2/c1-2-18-9-11-19(12-10-18)16-28(17-20-6-5-13-26-15-20)25(30)22-14-24(29)27-23-8-4-3-7-21(22)23/h3-13,15,22H,2,14,16-17H2,1H3,(H,27,29). The van der Waals surface area contributed by atoms with Gasteiger partial charge >= 0.3 is 0 Å². The molecular weight excluding hydrogens is 374 g/mol. The van der Waals surface area contributed by atoms with Crippen LogP contribution in [-0.2, 0) is 29.1 Å². The van der Waals surface area contributed by atoms with Gasteiger partial charge < -0.3 is 10.2 Å². The summed E-state index contributed by atoms with van der Waals surface area (Å²) in [6, 6.07) is 19.7. The van der Waals surface area contributed by atoms with Crippen molar-refractivity contribution in [1.82, 2.24) is 9.88 Å². The second-order valence-corrected chi connectivity index (χ2v) is 7.62. The second kappa shape index (κ2) is 8.91. The van der Waals surface area contributed by atoms with Crippen LogP contribution < -0.4 is 5.32 Å². The molecule has 4 rings (SSSR count). The summed E-state index contributed by atoms with van der Waals surface area (Å²) in [6.07, 6.45) is 4.64. The van der Waals surface area contributed by atoms with Crippen molar-refractivity contribution < 1.29 is 9.59 Å². The number of nitrogens with zero attached hydrogens (tertiary/aromatic N) is 2. The van der Waals surface area contributed by atoms with Crippen molar-refractivity contribution in [3.05, 3.63) is 95.3 Å². The van der Waals surface area contributed by atoms with Gasteiger partial charge in [0.05, 0.1) is 5.92 Å². The van der Waals surface area contributed by atoms with Crippen LogP contribution >= 0.6 is 0 Å². The third-order valence-corrected chi connectivity index (χ3v) is 5.51. The number of para-hydroxylation sites is 1. The fraction of sp³-hybridized carbons (Fsp3) is 0.240. The van der Waals surface area contributed by atoms with Gasteiger partial charge in [0.25, 0.3) is 0 Å². The lowest BCUT2D eigenvalue weighted by Gasteiger charge is -2.31. The number of aryl methyl sites for hydroxylation is 1. The molecule has 152 valence electrons. The number of carbonyl (C=O) groups is 2. The summed E-state index contributed by atoms with van der Waals surface area (Å²) in [7, 11) is 0. The van der Waals surface area contributed by atoms with Gasteiger partial charge in [0.1, 0.15) is 0 Å². The molecule has 1 unspecified atom stereocenters. The smallest absolute Gasteiger partial charge is 0.231 e. The molecule has 2 aromatic carbocycles. The molecule has 0 aliphatic carbocycles. The second-order valence-electron chi connectivity index (χ2n) is 7.62. The van der Waals surface area contributed by atoms with Crippen molar-refractivity contribution >= 4 is 17.5 Å². The number of benzene rings is 2. The van der Waals surface area contributed by atoms with E-state index in [1.165, 1.54) is 5.56 Å². The van der Waals surface area contributed by atoms with Crippen molar-refractivity contribution in [3.8, 4) is 0 Å². The van der Waals surface area contributed by atoms with Gasteiger partial charge in [0, 0.05) is 37.6 Å². The summed E-state index contributed by atoms with van der Waals surface area (Å²) in [4.78, 5) is 31.9. The molecule has 5 heteroatoms. The van der Waals surface area contributed by atoms with Gasteiger partial charge in [-0.3, -0.25) is 14.6 Å². The highest BCUT2D eigenvalue weighted by Crippen LogP contribution is 2.34. The van der Waals surface area contributed by atoms with Crippen LogP contribution in [0.3, 0.4) is 0 Å². The summed E-state index contributed by atoms with van der Waals surface area (Å²) in [5.41, 5.74) is 4.89. The lowest BCUT2D eigenvalue weighted by Crippen LogP contribution is -2.38. The third kappa shape index (κ3) is 4.40. The Bertz CT molecular complexity index is 1030. The van der Waals surface area contributed by atoms with Crippen LogP contribution in [-0.4, -0.2) is 21.7 Å². The highest BCUT2D eigenvalue weighted by atomic mass is 16.2. The highest BCUT2D eigenvalue weighted by Gasteiger charge is 2.33. The molecule has 2 amide bonds. The van der Waals surface area contributed by atoms with Gasteiger partial charge in [-0.25, -0.2) is 0 Å². The SMILES string of the molecule is CCc1ccc(CN(Cc2cccnc2)C(=O)C2CC(=O)Nc3ccccc32)cc1. The van der Waals surface area contributed by atoms with Crippen LogP contribution in [0.2, 0.25) is 0 Å². The Morgan fingerprint density at radius 2 is 1.73 bits per heavy atom. The number of hydrogen-bond acceptors (Lipinski definition) is 3. The minimum atomic E-state index is -0.485. The van der Waals surface area contributed by atoms with E-state index in [9.17, 15) is 9.59 Å². The van der Waals surface area contributed by atoms with Crippen LogP contribution in [0.4, 0.5) is 5.69 Å². The summed E-state index contributed by atoms with van der Waals surface area (Å²) in [5, 5.41) is 2.88. The van der Waals surface area contributed by atoms with E-state index in [4.69, 9.17) is 0 Å². The number of hydrogen-bond donors (Lipinski definition) is 1. The first-order valence-corrected chi connectivity index (χ1v) is 10.3. The maximum atomic E-state index is 13.7. The van der Waals surface area contributed by atoms with E-state index in [2.05, 4.69) is 41.5 Å². The number of anilines is 1. The number of nitrogens with one attached hydrogen (secondary N) is 1. The normalized spacial score (nSPS) is 15.2. The number of carbonyl (C=O) groups excluding carboxylic acids is 2. The number of amides is 2. The first-order chi connectivity index (χ1) is 14.6. The van der Waals surface area contributed by atoms with E-state index < -0.39 is 5.92 Å². The largest absolute Gasteiger partial charge is 0.333 e. The molecule has 3 aromatic rings. The van der Waals surface area contributed by atoms with Crippen molar-refractivity contribution in [2.75, 3.05) is 5.32 Å². The Balaban J connectivity index is 1.64. The van der Waals surface area contributed by atoms with E-state index in [1.807, 2.05) is 41.3 Å². The minimum absolute atomic E-state index is 0.0410. The molecule has 0 saturated carbocycles. The Morgan fingerprint density at radius 3 is 2.47 bits per heavy atom. The van der Waals surface area contributed by atoms with Crippen molar-refractivity contribution in [3.63, 3.8) is 0 Å². The quantitative estimate of drug-likeness (QED) is 0.672. The van der Waals surface area contributed by atoms with E-state index in [0.29, 0.717) is 13.1 Å². The molecule has 0 bridgehead atoms. The average Bonchev–Trinajstić information content (AvgIpc) is 2.78. The molecule has 1 aromatic heterocycles. The lowest BCUT2D eigenvalue weighted by molar-refractivity contribution is -0.136.